The lowest BCUT2D eigenvalue weighted by molar-refractivity contribution is 0.315. The van der Waals surface area contributed by atoms with E-state index in [-0.39, 0.29) is 11.7 Å². The molecule has 1 aromatic carbocycles. The maximum Gasteiger partial charge on any atom is 0.330 e. The molecule has 1 fully saturated rings. The number of hydrogen-bond donors (Lipinski definition) is 0. The van der Waals surface area contributed by atoms with E-state index < -0.39 is 0 Å². The number of imidazole rings is 1. The lowest BCUT2D eigenvalue weighted by Gasteiger charge is -2.21. The lowest BCUT2D eigenvalue weighted by atomic mass is 10.0. The molecule has 0 N–H and O–H groups in total. The Kier molecular flexibility index (Phi) is 4.97. The summed E-state index contributed by atoms with van der Waals surface area (Å²) >= 11 is 0. The van der Waals surface area contributed by atoms with E-state index in [1.807, 2.05) is 32.2 Å². The average Bonchev–Trinajstić information content (AvgIpc) is 3.38. The Morgan fingerprint density at radius 3 is 2.53 bits per heavy atom. The molecule has 0 saturated carbocycles. The molecule has 8 heteroatoms. The number of aromatic nitrogens is 5. The molecule has 0 radical (unpaired) electrons. The predicted octanol–water partition coefficient (Wildman–Crippen LogP) is 3.07. The molecule has 4 heterocycles. The first-order valence-corrected chi connectivity index (χ1v) is 11.1. The molecule has 0 spiro atoms. The van der Waals surface area contributed by atoms with Crippen molar-refractivity contribution < 1.29 is 0 Å². The van der Waals surface area contributed by atoms with Gasteiger partial charge in [-0.25, -0.2) is 9.78 Å². The van der Waals surface area contributed by atoms with Crippen molar-refractivity contribution in [1.82, 2.24) is 29.2 Å². The van der Waals surface area contributed by atoms with Crippen molar-refractivity contribution >= 4 is 27.9 Å². The highest BCUT2D eigenvalue weighted by Gasteiger charge is 2.25. The summed E-state index contributed by atoms with van der Waals surface area (Å²) in [5.41, 5.74) is 4.22. The fourth-order valence-corrected chi connectivity index (χ4v) is 4.67. The van der Waals surface area contributed by atoms with Crippen molar-refractivity contribution in [2.24, 2.45) is 7.05 Å². The fourth-order valence-electron chi connectivity index (χ4n) is 4.67. The normalized spacial score (nSPS) is 16.8. The van der Waals surface area contributed by atoms with Gasteiger partial charge in [0.25, 0.3) is 0 Å². The van der Waals surface area contributed by atoms with Crippen LogP contribution in [0, 0.1) is 0 Å². The monoisotopic (exact) mass is 431 g/mol. The van der Waals surface area contributed by atoms with Gasteiger partial charge < -0.3 is 9.80 Å². The average molecular weight is 432 g/mol. The summed E-state index contributed by atoms with van der Waals surface area (Å²) in [4.78, 5) is 22.2. The fraction of sp³-hybridized carbons (Fsp3) is 0.417. The molecule has 32 heavy (non-hydrogen) atoms. The van der Waals surface area contributed by atoms with E-state index in [1.54, 1.807) is 16.2 Å². The van der Waals surface area contributed by atoms with E-state index in [0.29, 0.717) is 11.7 Å². The largest absolute Gasteiger partial charge is 0.355 e. The number of hydrogen-bond acceptors (Lipinski definition) is 6. The van der Waals surface area contributed by atoms with Gasteiger partial charge >= 0.3 is 5.69 Å². The highest BCUT2D eigenvalue weighted by atomic mass is 16.1. The highest BCUT2D eigenvalue weighted by molar-refractivity contribution is 6.02. The van der Waals surface area contributed by atoms with Gasteiger partial charge in [0, 0.05) is 49.4 Å². The van der Waals surface area contributed by atoms with E-state index in [4.69, 9.17) is 4.98 Å². The molecule has 0 amide bonds. The molecule has 8 nitrogen and oxygen atoms in total. The summed E-state index contributed by atoms with van der Waals surface area (Å²) in [6.45, 7) is 6.06. The summed E-state index contributed by atoms with van der Waals surface area (Å²) in [6, 6.07) is 10.9. The standard InChI is InChI=1S/C24H29N7O/c1-15(2)31-22-19-12-16(6-8-20(19)26-27-23(22)29(5)24(31)32)17-7-9-21(25-13-17)30-11-10-18(14-30)28(3)4/h6-9,12-13,15,18H,10-11,14H2,1-5H3/t18-/m1/s1. The predicted molar refractivity (Wildman–Crippen MR) is 128 cm³/mol. The Labute approximate surface area is 187 Å². The molecule has 5 rings (SSSR count). The van der Waals surface area contributed by atoms with Gasteiger partial charge in [0.05, 0.1) is 5.52 Å². The molecule has 0 unspecified atom stereocenters. The third kappa shape index (κ3) is 3.26. The van der Waals surface area contributed by atoms with Gasteiger partial charge in [-0.05, 0) is 64.2 Å². The second-order valence-electron chi connectivity index (χ2n) is 9.17. The lowest BCUT2D eigenvalue weighted by Crippen LogP contribution is -2.31. The first-order chi connectivity index (χ1) is 15.3. The Morgan fingerprint density at radius 2 is 1.88 bits per heavy atom. The van der Waals surface area contributed by atoms with Crippen LogP contribution < -0.4 is 10.6 Å². The van der Waals surface area contributed by atoms with Crippen molar-refractivity contribution in [3.8, 4) is 11.1 Å². The minimum atomic E-state index is -0.0742. The van der Waals surface area contributed by atoms with Crippen molar-refractivity contribution in [2.45, 2.75) is 32.4 Å². The molecule has 1 atom stereocenters. The van der Waals surface area contributed by atoms with Gasteiger partial charge in [-0.15, -0.1) is 10.2 Å². The van der Waals surface area contributed by atoms with Crippen molar-refractivity contribution in [3.05, 3.63) is 47.0 Å². The van der Waals surface area contributed by atoms with Crippen LogP contribution in [0.2, 0.25) is 0 Å². The van der Waals surface area contributed by atoms with Gasteiger partial charge in [-0.2, -0.15) is 0 Å². The van der Waals surface area contributed by atoms with Crippen LogP contribution in [0.5, 0.6) is 0 Å². The number of nitrogens with zero attached hydrogens (tertiary/aromatic N) is 7. The van der Waals surface area contributed by atoms with E-state index >= 15 is 0 Å². The maximum absolute atomic E-state index is 12.8. The van der Waals surface area contributed by atoms with Crippen molar-refractivity contribution in [2.75, 3.05) is 32.1 Å². The van der Waals surface area contributed by atoms with Gasteiger partial charge in [0.2, 0.25) is 0 Å². The number of anilines is 1. The number of benzene rings is 1. The maximum atomic E-state index is 12.8. The summed E-state index contributed by atoms with van der Waals surface area (Å²) in [5.74, 6) is 1.02. The number of fused-ring (bicyclic) bond motifs is 3. The van der Waals surface area contributed by atoms with Gasteiger partial charge in [0.1, 0.15) is 11.3 Å². The molecule has 0 aliphatic carbocycles. The molecule has 166 valence electrons. The van der Waals surface area contributed by atoms with Crippen molar-refractivity contribution in [1.29, 1.82) is 0 Å². The van der Waals surface area contributed by atoms with Crippen LogP contribution in [0.1, 0.15) is 26.3 Å². The molecule has 0 bridgehead atoms. The number of rotatable bonds is 4. The van der Waals surface area contributed by atoms with Crippen LogP contribution in [0.25, 0.3) is 33.2 Å². The highest BCUT2D eigenvalue weighted by Crippen LogP contribution is 2.29. The van der Waals surface area contributed by atoms with Crippen LogP contribution in [-0.4, -0.2) is 62.4 Å². The second kappa shape index (κ2) is 7.70. The Balaban J connectivity index is 1.56. The SMILES string of the molecule is CC(C)n1c(=O)n(C)c2nnc3ccc(-c4ccc(N5CC[C@@H](N(C)C)C5)nc4)cc3c21. The summed E-state index contributed by atoms with van der Waals surface area (Å²) in [6.07, 6.45) is 3.10. The molecular weight excluding hydrogens is 402 g/mol. The minimum absolute atomic E-state index is 0.0228. The zero-order chi connectivity index (χ0) is 22.6. The molecule has 1 aliphatic heterocycles. The minimum Gasteiger partial charge on any atom is -0.355 e. The number of aryl methyl sites for hydroxylation is 1. The molecular formula is C24H29N7O. The molecule has 1 aliphatic rings. The third-order valence-electron chi connectivity index (χ3n) is 6.58. The van der Waals surface area contributed by atoms with E-state index in [1.165, 1.54) is 0 Å². The van der Waals surface area contributed by atoms with Gasteiger partial charge in [-0.3, -0.25) is 9.13 Å². The van der Waals surface area contributed by atoms with Crippen molar-refractivity contribution in [3.63, 3.8) is 0 Å². The summed E-state index contributed by atoms with van der Waals surface area (Å²) < 4.78 is 3.37. The topological polar surface area (TPSA) is 72.1 Å². The Hall–Kier alpha value is -3.26. The smallest absolute Gasteiger partial charge is 0.330 e. The van der Waals surface area contributed by atoms with Crippen LogP contribution in [-0.2, 0) is 7.05 Å². The van der Waals surface area contributed by atoms with E-state index in [0.717, 1.165) is 52.9 Å². The molecule has 3 aromatic heterocycles. The first kappa shape index (κ1) is 20.6. The summed E-state index contributed by atoms with van der Waals surface area (Å²) in [5, 5.41) is 9.60. The third-order valence-corrected chi connectivity index (χ3v) is 6.58. The molecule has 4 aromatic rings. The zero-order valence-electron chi connectivity index (χ0n) is 19.3. The zero-order valence-corrected chi connectivity index (χ0v) is 19.3. The number of pyridine rings is 1. The van der Waals surface area contributed by atoms with Crippen LogP contribution >= 0.6 is 0 Å². The van der Waals surface area contributed by atoms with E-state index in [2.05, 4.69) is 52.3 Å². The number of likely N-dealkylation sites (N-methyl/N-ethyl adjacent to an activating group) is 1. The van der Waals surface area contributed by atoms with Crippen LogP contribution in [0.15, 0.2) is 41.3 Å². The van der Waals surface area contributed by atoms with Crippen LogP contribution in [0.3, 0.4) is 0 Å². The first-order valence-electron chi connectivity index (χ1n) is 11.1. The summed E-state index contributed by atoms with van der Waals surface area (Å²) in [7, 11) is 6.02. The Morgan fingerprint density at radius 1 is 1.09 bits per heavy atom. The van der Waals surface area contributed by atoms with Gasteiger partial charge in [-0.1, -0.05) is 6.07 Å². The van der Waals surface area contributed by atoms with Crippen LogP contribution in [0.4, 0.5) is 5.82 Å². The van der Waals surface area contributed by atoms with Gasteiger partial charge in [0.15, 0.2) is 5.65 Å². The quantitative estimate of drug-likeness (QED) is 0.495. The Bertz CT molecular complexity index is 1350. The van der Waals surface area contributed by atoms with E-state index in [9.17, 15) is 4.79 Å². The molecule has 1 saturated heterocycles. The second-order valence-corrected chi connectivity index (χ2v) is 9.17.